The Labute approximate surface area is 173 Å². The Kier molecular flexibility index (Phi) is 7.91. The van der Waals surface area contributed by atoms with E-state index in [9.17, 15) is 4.79 Å². The van der Waals surface area contributed by atoms with Crippen LogP contribution in [0.2, 0.25) is 0 Å². The van der Waals surface area contributed by atoms with Gasteiger partial charge < -0.3 is 19.9 Å². The Morgan fingerprint density at radius 3 is 2.62 bits per heavy atom. The highest BCUT2D eigenvalue weighted by atomic mass is 16.5. The van der Waals surface area contributed by atoms with Crippen molar-refractivity contribution in [3.05, 3.63) is 10.5 Å². The van der Waals surface area contributed by atoms with Crippen molar-refractivity contribution in [3.8, 4) is 6.01 Å². The molecule has 3 heterocycles. The number of aromatic nitrogens is 4. The molecule has 0 bridgehead atoms. The molecule has 2 aromatic rings. The van der Waals surface area contributed by atoms with Crippen LogP contribution < -0.4 is 15.7 Å². The molecular weight excluding hydrogens is 368 g/mol. The first-order valence-corrected chi connectivity index (χ1v) is 11.2. The number of hydrogen-bond donors (Lipinski definition) is 2. The van der Waals surface area contributed by atoms with Gasteiger partial charge in [0.1, 0.15) is 5.52 Å². The fourth-order valence-corrected chi connectivity index (χ4v) is 3.97. The van der Waals surface area contributed by atoms with Crippen molar-refractivity contribution >= 4 is 17.0 Å². The Balaban J connectivity index is 1.69. The van der Waals surface area contributed by atoms with Crippen molar-refractivity contribution < 1.29 is 4.74 Å². The lowest BCUT2D eigenvalue weighted by molar-refractivity contribution is 0.191. The number of fused-ring (bicyclic) bond motifs is 1. The topological polar surface area (TPSA) is 88.1 Å². The van der Waals surface area contributed by atoms with Crippen molar-refractivity contribution in [2.24, 2.45) is 0 Å². The third-order valence-electron chi connectivity index (χ3n) is 5.66. The minimum Gasteiger partial charge on any atom is -0.460 e. The van der Waals surface area contributed by atoms with Gasteiger partial charge in [0.25, 0.3) is 0 Å². The summed E-state index contributed by atoms with van der Waals surface area (Å²) in [5.41, 5.74) is 1.12. The average molecular weight is 405 g/mol. The Morgan fingerprint density at radius 2 is 1.90 bits per heavy atom. The quantitative estimate of drug-likeness (QED) is 0.558. The van der Waals surface area contributed by atoms with Gasteiger partial charge in [0.15, 0.2) is 11.5 Å². The van der Waals surface area contributed by atoms with Crippen molar-refractivity contribution in [1.82, 2.24) is 24.4 Å². The van der Waals surface area contributed by atoms with E-state index in [0.29, 0.717) is 29.5 Å². The number of aromatic amines is 1. The van der Waals surface area contributed by atoms with Crippen LogP contribution in [0.15, 0.2) is 4.79 Å². The van der Waals surface area contributed by atoms with E-state index in [-0.39, 0.29) is 11.8 Å². The second-order valence-corrected chi connectivity index (χ2v) is 8.07. The first-order chi connectivity index (χ1) is 14.1. The second kappa shape index (κ2) is 10.6. The third-order valence-corrected chi connectivity index (χ3v) is 5.66. The number of ether oxygens (including phenoxy) is 1. The zero-order chi connectivity index (χ0) is 20.6. The van der Waals surface area contributed by atoms with Crippen molar-refractivity contribution in [2.75, 3.05) is 32.0 Å². The first kappa shape index (κ1) is 21.6. The molecule has 2 N–H and O–H groups in total. The zero-order valence-electron chi connectivity index (χ0n) is 18.2. The van der Waals surface area contributed by atoms with E-state index in [2.05, 4.69) is 32.1 Å². The Bertz CT molecular complexity index is 824. The molecule has 1 fully saturated rings. The number of H-pyrrole nitrogens is 1. The van der Waals surface area contributed by atoms with Crippen LogP contribution in [0.3, 0.4) is 0 Å². The summed E-state index contributed by atoms with van der Waals surface area (Å²) in [5, 5.41) is 3.06. The van der Waals surface area contributed by atoms with Gasteiger partial charge in [0.2, 0.25) is 0 Å². The number of rotatable bonds is 11. The van der Waals surface area contributed by atoms with Gasteiger partial charge in [-0.2, -0.15) is 9.97 Å². The van der Waals surface area contributed by atoms with E-state index in [1.54, 1.807) is 11.6 Å². The monoisotopic (exact) mass is 404 g/mol. The molecule has 0 unspecified atom stereocenters. The van der Waals surface area contributed by atoms with Crippen LogP contribution in [0, 0.1) is 0 Å². The molecule has 0 amide bonds. The van der Waals surface area contributed by atoms with Gasteiger partial charge in [-0.25, -0.2) is 4.79 Å². The summed E-state index contributed by atoms with van der Waals surface area (Å²) in [6.07, 6.45) is 9.25. The maximum atomic E-state index is 12.5. The summed E-state index contributed by atoms with van der Waals surface area (Å²) >= 11 is 0. The highest BCUT2D eigenvalue weighted by Gasteiger charge is 2.17. The molecule has 1 aliphatic heterocycles. The molecule has 162 valence electrons. The van der Waals surface area contributed by atoms with Crippen LogP contribution in [0.5, 0.6) is 6.01 Å². The van der Waals surface area contributed by atoms with Gasteiger partial charge in [-0.05, 0) is 58.7 Å². The molecule has 8 nitrogen and oxygen atoms in total. The molecule has 29 heavy (non-hydrogen) atoms. The minimum atomic E-state index is -0.139. The molecule has 0 saturated carbocycles. The summed E-state index contributed by atoms with van der Waals surface area (Å²) < 4.78 is 7.66. The number of imidazole rings is 1. The predicted octanol–water partition coefficient (Wildman–Crippen LogP) is 3.38. The van der Waals surface area contributed by atoms with Crippen LogP contribution in [-0.4, -0.2) is 57.2 Å². The average Bonchev–Trinajstić information content (AvgIpc) is 3.05. The van der Waals surface area contributed by atoms with Crippen LogP contribution in [0.4, 0.5) is 5.82 Å². The van der Waals surface area contributed by atoms with E-state index in [4.69, 9.17) is 4.74 Å². The number of anilines is 1. The van der Waals surface area contributed by atoms with E-state index < -0.39 is 0 Å². The maximum absolute atomic E-state index is 12.5. The molecule has 0 spiro atoms. The van der Waals surface area contributed by atoms with Gasteiger partial charge in [0, 0.05) is 13.6 Å². The Hall–Kier alpha value is -2.09. The summed E-state index contributed by atoms with van der Waals surface area (Å²) in [6.45, 7) is 8.38. The lowest BCUT2D eigenvalue weighted by Gasteiger charge is -2.26. The number of nitrogens with zero attached hydrogens (tertiary/aromatic N) is 4. The number of hydrogen-bond acceptors (Lipinski definition) is 6. The minimum absolute atomic E-state index is 0.0424. The van der Waals surface area contributed by atoms with E-state index >= 15 is 0 Å². The Morgan fingerprint density at radius 1 is 1.14 bits per heavy atom. The number of unbranched alkanes of at least 4 members (excludes halogenated alkanes) is 2. The summed E-state index contributed by atoms with van der Waals surface area (Å²) in [7, 11) is 1.79. The van der Waals surface area contributed by atoms with Crippen molar-refractivity contribution in [3.63, 3.8) is 0 Å². The van der Waals surface area contributed by atoms with Crippen LogP contribution in [0.25, 0.3) is 11.2 Å². The van der Waals surface area contributed by atoms with E-state index in [0.717, 1.165) is 38.6 Å². The number of nitrogens with one attached hydrogen (secondary N) is 2. The predicted molar refractivity (Wildman–Crippen MR) is 117 cm³/mol. The molecule has 0 aliphatic carbocycles. The molecule has 1 saturated heterocycles. The largest absolute Gasteiger partial charge is 0.460 e. The van der Waals surface area contributed by atoms with E-state index in [1.165, 1.54) is 32.4 Å². The third kappa shape index (κ3) is 5.72. The van der Waals surface area contributed by atoms with Gasteiger partial charge in [-0.1, -0.05) is 26.2 Å². The lowest BCUT2D eigenvalue weighted by Crippen LogP contribution is -2.30. The van der Waals surface area contributed by atoms with Crippen molar-refractivity contribution in [1.29, 1.82) is 0 Å². The molecular formula is C21H36N6O2. The summed E-state index contributed by atoms with van der Waals surface area (Å²) in [4.78, 5) is 27.0. The fourth-order valence-electron chi connectivity index (χ4n) is 3.97. The number of likely N-dealkylation sites (tertiary alicyclic amines) is 1. The SMILES string of the molecule is CCCC[C@H](C)Oc1nc(NC)c2[nH]c(=O)n(CCCCN3CCCCC3)c2n1. The number of aryl methyl sites for hydroxylation is 1. The van der Waals surface area contributed by atoms with Crippen LogP contribution >= 0.6 is 0 Å². The standard InChI is InChI=1S/C21H36N6O2/c1-4-5-11-16(2)29-20-24-18(22-3)17-19(25-20)27(21(28)23-17)15-10-9-14-26-12-7-6-8-13-26/h16H,4-15H2,1-3H3,(H,23,28)(H,22,24,25)/t16-/m0/s1. The van der Waals surface area contributed by atoms with Gasteiger partial charge in [-0.3, -0.25) is 4.57 Å². The summed E-state index contributed by atoms with van der Waals surface area (Å²) in [5.74, 6) is 0.594. The van der Waals surface area contributed by atoms with Gasteiger partial charge >= 0.3 is 11.7 Å². The van der Waals surface area contributed by atoms with Crippen LogP contribution in [0.1, 0.15) is 65.2 Å². The molecule has 3 rings (SSSR count). The lowest BCUT2D eigenvalue weighted by atomic mass is 10.1. The van der Waals surface area contributed by atoms with Gasteiger partial charge in [-0.15, -0.1) is 0 Å². The fraction of sp³-hybridized carbons (Fsp3) is 0.762. The molecule has 8 heteroatoms. The molecule has 1 atom stereocenters. The molecule has 0 aromatic carbocycles. The number of piperidine rings is 1. The summed E-state index contributed by atoms with van der Waals surface area (Å²) in [6, 6.07) is 0.325. The molecule has 2 aromatic heterocycles. The maximum Gasteiger partial charge on any atom is 0.327 e. The molecule has 1 aliphatic rings. The second-order valence-electron chi connectivity index (χ2n) is 8.07. The smallest absolute Gasteiger partial charge is 0.327 e. The van der Waals surface area contributed by atoms with E-state index in [1.807, 2.05) is 6.92 Å². The first-order valence-electron chi connectivity index (χ1n) is 11.2. The van der Waals surface area contributed by atoms with Crippen molar-refractivity contribution in [2.45, 2.75) is 77.9 Å². The molecule has 0 radical (unpaired) electrons. The van der Waals surface area contributed by atoms with Crippen LogP contribution in [-0.2, 0) is 6.54 Å². The highest BCUT2D eigenvalue weighted by Crippen LogP contribution is 2.21. The highest BCUT2D eigenvalue weighted by molar-refractivity contribution is 5.83. The normalized spacial score (nSPS) is 16.2. The van der Waals surface area contributed by atoms with Gasteiger partial charge in [0.05, 0.1) is 6.10 Å². The zero-order valence-corrected chi connectivity index (χ0v) is 18.2.